The molecule has 0 heterocycles. The van der Waals surface area contributed by atoms with Crippen LogP contribution in [-0.2, 0) is 5.88 Å². The minimum Gasteiger partial charge on any atom is -0.367 e. The molecule has 0 amide bonds. The van der Waals surface area contributed by atoms with Gasteiger partial charge in [-0.15, -0.1) is 11.6 Å². The zero-order chi connectivity index (χ0) is 14.5. The molecule has 2 rings (SSSR count). The van der Waals surface area contributed by atoms with Crippen LogP contribution in [0.3, 0.4) is 0 Å². The Labute approximate surface area is 133 Å². The van der Waals surface area contributed by atoms with E-state index in [1.807, 2.05) is 6.07 Å². The van der Waals surface area contributed by atoms with Crippen molar-refractivity contribution in [3.63, 3.8) is 0 Å². The third-order valence-corrected chi connectivity index (χ3v) is 4.80. The number of nitrogens with zero attached hydrogens (tertiary/aromatic N) is 1. The van der Waals surface area contributed by atoms with Gasteiger partial charge in [-0.1, -0.05) is 44.4 Å². The molecule has 1 aromatic rings. The molecule has 20 heavy (non-hydrogen) atoms. The molecule has 1 saturated carbocycles. The van der Waals surface area contributed by atoms with Crippen LogP contribution in [0.25, 0.3) is 0 Å². The summed E-state index contributed by atoms with van der Waals surface area (Å²) in [5.41, 5.74) is 2.28. The maximum atomic E-state index is 6.50. The van der Waals surface area contributed by atoms with Gasteiger partial charge >= 0.3 is 0 Å². The summed E-state index contributed by atoms with van der Waals surface area (Å²) in [7, 11) is 0. The van der Waals surface area contributed by atoms with E-state index in [2.05, 4.69) is 30.9 Å². The van der Waals surface area contributed by atoms with Gasteiger partial charge in [-0.05, 0) is 42.9 Å². The van der Waals surface area contributed by atoms with Crippen LogP contribution in [0.15, 0.2) is 18.2 Å². The van der Waals surface area contributed by atoms with E-state index in [-0.39, 0.29) is 0 Å². The molecular weight excluding hydrogens is 289 g/mol. The highest BCUT2D eigenvalue weighted by molar-refractivity contribution is 6.33. The molecule has 3 heteroatoms. The second-order valence-electron chi connectivity index (χ2n) is 6.23. The van der Waals surface area contributed by atoms with Gasteiger partial charge in [0.2, 0.25) is 0 Å². The molecule has 0 aromatic heterocycles. The highest BCUT2D eigenvalue weighted by Gasteiger charge is 2.24. The van der Waals surface area contributed by atoms with Crippen molar-refractivity contribution in [3.8, 4) is 0 Å². The zero-order valence-corrected chi connectivity index (χ0v) is 14.1. The summed E-state index contributed by atoms with van der Waals surface area (Å²) in [4.78, 5) is 2.54. The van der Waals surface area contributed by atoms with E-state index < -0.39 is 0 Å². The summed E-state index contributed by atoms with van der Waals surface area (Å²) < 4.78 is 0. The Morgan fingerprint density at radius 1 is 1.25 bits per heavy atom. The van der Waals surface area contributed by atoms with E-state index in [1.54, 1.807) is 0 Å². The number of hydrogen-bond donors (Lipinski definition) is 0. The summed E-state index contributed by atoms with van der Waals surface area (Å²) >= 11 is 12.4. The monoisotopic (exact) mass is 313 g/mol. The average molecular weight is 314 g/mol. The summed E-state index contributed by atoms with van der Waals surface area (Å²) in [6.45, 7) is 5.67. The topological polar surface area (TPSA) is 3.24 Å². The van der Waals surface area contributed by atoms with Crippen LogP contribution in [0.1, 0.15) is 51.5 Å². The molecule has 112 valence electrons. The average Bonchev–Trinajstić information content (AvgIpc) is 2.94. The van der Waals surface area contributed by atoms with Crippen LogP contribution in [0.2, 0.25) is 5.02 Å². The Balaban J connectivity index is 2.20. The molecule has 0 N–H and O–H groups in total. The van der Waals surface area contributed by atoms with E-state index in [0.717, 1.165) is 23.0 Å². The van der Waals surface area contributed by atoms with Crippen LogP contribution in [0.4, 0.5) is 5.69 Å². The molecule has 0 saturated heterocycles. The van der Waals surface area contributed by atoms with Crippen molar-refractivity contribution in [2.45, 2.75) is 57.9 Å². The Morgan fingerprint density at radius 2 is 1.95 bits per heavy atom. The molecule has 0 spiro atoms. The Hall–Kier alpha value is -0.400. The van der Waals surface area contributed by atoms with Gasteiger partial charge in [0.15, 0.2) is 0 Å². The molecule has 0 atom stereocenters. The predicted octanol–water partition coefficient (Wildman–Crippen LogP) is 5.87. The molecule has 1 aromatic carbocycles. The first-order valence-corrected chi connectivity index (χ1v) is 8.64. The number of anilines is 1. The first kappa shape index (κ1) is 16.0. The molecule has 0 aliphatic heterocycles. The molecule has 1 aliphatic carbocycles. The molecule has 1 aliphatic rings. The van der Waals surface area contributed by atoms with E-state index >= 15 is 0 Å². The van der Waals surface area contributed by atoms with Gasteiger partial charge in [-0.2, -0.15) is 0 Å². The van der Waals surface area contributed by atoms with Crippen molar-refractivity contribution in [3.05, 3.63) is 28.8 Å². The highest BCUT2D eigenvalue weighted by Crippen LogP contribution is 2.34. The van der Waals surface area contributed by atoms with Gasteiger partial charge in [0.1, 0.15) is 0 Å². The number of benzene rings is 1. The van der Waals surface area contributed by atoms with E-state index in [4.69, 9.17) is 23.2 Å². The summed E-state index contributed by atoms with van der Waals surface area (Å²) in [5.74, 6) is 1.25. The molecule has 0 bridgehead atoms. The fourth-order valence-electron chi connectivity index (χ4n) is 2.98. The lowest BCUT2D eigenvalue weighted by atomic mass is 10.1. The van der Waals surface area contributed by atoms with Crippen molar-refractivity contribution >= 4 is 28.9 Å². The van der Waals surface area contributed by atoms with Gasteiger partial charge in [0, 0.05) is 18.5 Å². The maximum absolute atomic E-state index is 6.50. The Morgan fingerprint density at radius 3 is 2.50 bits per heavy atom. The van der Waals surface area contributed by atoms with Crippen molar-refractivity contribution in [1.82, 2.24) is 0 Å². The normalized spacial score (nSPS) is 16.1. The summed E-state index contributed by atoms with van der Waals surface area (Å²) in [5, 5.41) is 0.846. The van der Waals surface area contributed by atoms with Gasteiger partial charge in [0.25, 0.3) is 0 Å². The van der Waals surface area contributed by atoms with Crippen LogP contribution in [0.5, 0.6) is 0 Å². The number of rotatable bonds is 6. The maximum Gasteiger partial charge on any atom is 0.0642 e. The van der Waals surface area contributed by atoms with Crippen molar-refractivity contribution in [2.75, 3.05) is 11.4 Å². The highest BCUT2D eigenvalue weighted by atomic mass is 35.5. The second kappa shape index (κ2) is 7.56. The largest absolute Gasteiger partial charge is 0.367 e. The molecule has 1 fully saturated rings. The van der Waals surface area contributed by atoms with Gasteiger partial charge in [-0.3, -0.25) is 0 Å². The first-order chi connectivity index (χ1) is 9.61. The third-order valence-electron chi connectivity index (χ3n) is 4.19. The number of alkyl halides is 1. The fraction of sp³-hybridized carbons (Fsp3) is 0.647. The first-order valence-electron chi connectivity index (χ1n) is 7.73. The van der Waals surface area contributed by atoms with Crippen molar-refractivity contribution < 1.29 is 0 Å². The molecule has 0 unspecified atom stereocenters. The second-order valence-corrected chi connectivity index (χ2v) is 6.91. The Bertz CT molecular complexity index is 425. The van der Waals surface area contributed by atoms with E-state index in [0.29, 0.717) is 11.9 Å². The third kappa shape index (κ3) is 4.05. The van der Waals surface area contributed by atoms with Crippen molar-refractivity contribution in [1.29, 1.82) is 0 Å². The van der Waals surface area contributed by atoms with Crippen LogP contribution >= 0.6 is 23.2 Å². The fourth-order valence-corrected chi connectivity index (χ4v) is 3.46. The van der Waals surface area contributed by atoms with E-state index in [9.17, 15) is 0 Å². The SMILES string of the molecule is CC(C)CCN(c1ccc(CCl)cc1Cl)C1CCCC1. The minimum absolute atomic E-state index is 0.523. The quantitative estimate of drug-likeness (QED) is 0.593. The smallest absolute Gasteiger partial charge is 0.0642 e. The van der Waals surface area contributed by atoms with Crippen LogP contribution in [0, 0.1) is 5.92 Å². The standard InChI is InChI=1S/C17H25Cl2N/c1-13(2)9-10-20(15-5-3-4-6-15)17-8-7-14(12-18)11-16(17)19/h7-8,11,13,15H,3-6,9-10,12H2,1-2H3. The van der Waals surface area contributed by atoms with Gasteiger partial charge in [0.05, 0.1) is 10.7 Å². The Kier molecular flexibility index (Phi) is 6.04. The summed E-state index contributed by atoms with van der Waals surface area (Å²) in [6, 6.07) is 6.93. The lowest BCUT2D eigenvalue weighted by molar-refractivity contribution is 0.528. The molecular formula is C17H25Cl2N. The molecule has 0 radical (unpaired) electrons. The zero-order valence-electron chi connectivity index (χ0n) is 12.5. The number of hydrogen-bond acceptors (Lipinski definition) is 1. The lowest BCUT2D eigenvalue weighted by Crippen LogP contribution is -2.35. The van der Waals surface area contributed by atoms with Gasteiger partial charge < -0.3 is 4.90 Å². The van der Waals surface area contributed by atoms with Crippen LogP contribution in [-0.4, -0.2) is 12.6 Å². The van der Waals surface area contributed by atoms with Crippen molar-refractivity contribution in [2.24, 2.45) is 5.92 Å². The van der Waals surface area contributed by atoms with Gasteiger partial charge in [-0.25, -0.2) is 0 Å². The van der Waals surface area contributed by atoms with Crippen LogP contribution < -0.4 is 4.90 Å². The predicted molar refractivity (Wildman–Crippen MR) is 90.1 cm³/mol. The molecule has 1 nitrogen and oxygen atoms in total. The summed E-state index contributed by atoms with van der Waals surface area (Å²) in [6.07, 6.45) is 6.50. The lowest BCUT2D eigenvalue weighted by Gasteiger charge is -2.32. The van der Waals surface area contributed by atoms with E-state index in [1.165, 1.54) is 37.8 Å². The minimum atomic E-state index is 0.523. The number of halogens is 2.